The molecule has 0 aliphatic carbocycles. The van der Waals surface area contributed by atoms with Crippen LogP contribution in [0.5, 0.6) is 0 Å². The second-order valence-electron chi connectivity index (χ2n) is 6.80. The number of hydrogen-bond acceptors (Lipinski definition) is 6. The van der Waals surface area contributed by atoms with Crippen LogP contribution in [0, 0.1) is 0 Å². The molecule has 6 nitrogen and oxygen atoms in total. The van der Waals surface area contributed by atoms with Gasteiger partial charge >= 0.3 is 0 Å². The summed E-state index contributed by atoms with van der Waals surface area (Å²) in [5.41, 5.74) is 3.46. The van der Waals surface area contributed by atoms with E-state index in [1.807, 2.05) is 24.3 Å². The van der Waals surface area contributed by atoms with Gasteiger partial charge in [0, 0.05) is 48.5 Å². The van der Waals surface area contributed by atoms with Crippen molar-refractivity contribution in [1.29, 1.82) is 0 Å². The van der Waals surface area contributed by atoms with E-state index in [1.165, 1.54) is 0 Å². The average Bonchev–Trinajstić information content (AvgIpc) is 3.43. The van der Waals surface area contributed by atoms with E-state index in [0.29, 0.717) is 53.0 Å². The Morgan fingerprint density at radius 2 is 2.13 bits per heavy atom. The number of allylic oxidation sites excluding steroid dienone is 1. The Labute approximate surface area is 179 Å². The predicted octanol–water partition coefficient (Wildman–Crippen LogP) is 5.31. The molecular formula is C23H19ClN4O2. The van der Waals surface area contributed by atoms with E-state index in [9.17, 15) is 4.79 Å². The summed E-state index contributed by atoms with van der Waals surface area (Å²) in [5.74, 6) is 1.07. The molecule has 0 amide bonds. The number of halogens is 1. The summed E-state index contributed by atoms with van der Waals surface area (Å²) in [4.78, 5) is 21.1. The van der Waals surface area contributed by atoms with Crippen molar-refractivity contribution < 1.29 is 9.21 Å². The number of nitrogens with zero attached hydrogens (tertiary/aromatic N) is 4. The summed E-state index contributed by atoms with van der Waals surface area (Å²) >= 11 is 6.40. The van der Waals surface area contributed by atoms with Gasteiger partial charge in [-0.15, -0.1) is 6.58 Å². The van der Waals surface area contributed by atoms with E-state index in [0.717, 1.165) is 11.1 Å². The largest absolute Gasteiger partial charge is 0.435 e. The van der Waals surface area contributed by atoms with E-state index in [1.54, 1.807) is 30.6 Å². The molecule has 3 heterocycles. The minimum Gasteiger partial charge on any atom is -0.435 e. The van der Waals surface area contributed by atoms with Crippen molar-refractivity contribution in [3.63, 3.8) is 0 Å². The molecule has 0 N–H and O–H groups in total. The molecule has 0 unspecified atom stereocenters. The lowest BCUT2D eigenvalue weighted by molar-refractivity contribution is -0.118. The highest BCUT2D eigenvalue weighted by molar-refractivity contribution is 6.33. The van der Waals surface area contributed by atoms with Crippen LogP contribution < -0.4 is 0 Å². The number of pyridine rings is 1. The fourth-order valence-electron chi connectivity index (χ4n) is 3.15. The Morgan fingerprint density at radius 3 is 2.90 bits per heavy atom. The molecule has 0 saturated heterocycles. The van der Waals surface area contributed by atoms with Crippen molar-refractivity contribution in [3.05, 3.63) is 71.7 Å². The molecule has 1 aliphatic heterocycles. The zero-order chi connectivity index (χ0) is 20.9. The van der Waals surface area contributed by atoms with Crippen LogP contribution in [0.3, 0.4) is 0 Å². The van der Waals surface area contributed by atoms with E-state index in [2.05, 4.69) is 26.7 Å². The first-order valence-corrected chi connectivity index (χ1v) is 9.96. The summed E-state index contributed by atoms with van der Waals surface area (Å²) in [6.07, 6.45) is 7.06. The van der Waals surface area contributed by atoms with Crippen molar-refractivity contribution in [3.8, 4) is 22.8 Å². The van der Waals surface area contributed by atoms with Gasteiger partial charge in [-0.2, -0.15) is 10.2 Å². The quantitative estimate of drug-likeness (QED) is 0.464. The van der Waals surface area contributed by atoms with Crippen molar-refractivity contribution in [2.24, 2.45) is 10.2 Å². The summed E-state index contributed by atoms with van der Waals surface area (Å²) in [6.45, 7) is 3.65. The van der Waals surface area contributed by atoms with Gasteiger partial charge in [0.15, 0.2) is 5.76 Å². The van der Waals surface area contributed by atoms with E-state index in [4.69, 9.17) is 16.0 Å². The molecule has 0 spiro atoms. The number of rotatable bonds is 8. The number of oxazole rings is 1. The standard InChI is InChI=1S/C23H19ClN4O2/c1-2-3-6-17(29)14-16-13-15(9-11-25-16)23-27-21(20-10-12-26-28-20)22(30-23)18-7-4-5-8-19(18)24/h2,4-5,7-9,11-13H,1,3,6,10,14H2. The molecule has 3 aromatic rings. The molecule has 0 radical (unpaired) electrons. The van der Waals surface area contributed by atoms with Gasteiger partial charge in [0.2, 0.25) is 5.89 Å². The normalized spacial score (nSPS) is 12.8. The molecule has 0 bridgehead atoms. The van der Waals surface area contributed by atoms with Crippen molar-refractivity contribution in [2.45, 2.75) is 25.7 Å². The SMILES string of the molecule is C=CCCC(=O)Cc1cc(-c2nc(C3=NN=CC3)c(-c3ccccc3Cl)o2)ccn1. The molecule has 1 aliphatic rings. The fraction of sp³-hybridized carbons (Fsp3) is 0.174. The van der Waals surface area contributed by atoms with E-state index >= 15 is 0 Å². The van der Waals surface area contributed by atoms with Crippen LogP contribution >= 0.6 is 11.6 Å². The van der Waals surface area contributed by atoms with Crippen LogP contribution in [-0.2, 0) is 11.2 Å². The number of benzene rings is 1. The molecular weight excluding hydrogens is 400 g/mol. The number of carbonyl (C=O) groups excluding carboxylic acids is 1. The molecule has 0 atom stereocenters. The number of ketones is 1. The van der Waals surface area contributed by atoms with Crippen molar-refractivity contribution in [1.82, 2.24) is 9.97 Å². The van der Waals surface area contributed by atoms with Crippen molar-refractivity contribution in [2.75, 3.05) is 0 Å². The van der Waals surface area contributed by atoms with Gasteiger partial charge in [0.25, 0.3) is 0 Å². The van der Waals surface area contributed by atoms with Crippen LogP contribution in [0.2, 0.25) is 5.02 Å². The first-order valence-electron chi connectivity index (χ1n) is 9.58. The number of aromatic nitrogens is 2. The number of hydrogen-bond donors (Lipinski definition) is 0. The molecule has 4 rings (SSSR count). The Morgan fingerprint density at radius 1 is 1.27 bits per heavy atom. The van der Waals surface area contributed by atoms with Crippen LogP contribution in [0.1, 0.15) is 30.7 Å². The van der Waals surface area contributed by atoms with Gasteiger partial charge in [-0.25, -0.2) is 4.98 Å². The topological polar surface area (TPSA) is 80.7 Å². The van der Waals surface area contributed by atoms with E-state index < -0.39 is 0 Å². The Balaban J connectivity index is 1.71. The Bertz CT molecular complexity index is 1160. The molecule has 30 heavy (non-hydrogen) atoms. The maximum Gasteiger partial charge on any atom is 0.227 e. The maximum atomic E-state index is 12.1. The third kappa shape index (κ3) is 4.28. The second kappa shape index (κ2) is 8.97. The highest BCUT2D eigenvalue weighted by atomic mass is 35.5. The molecule has 7 heteroatoms. The lowest BCUT2D eigenvalue weighted by atomic mass is 10.1. The summed E-state index contributed by atoms with van der Waals surface area (Å²) in [5, 5.41) is 8.67. The zero-order valence-corrected chi connectivity index (χ0v) is 17.0. The first kappa shape index (κ1) is 19.9. The van der Waals surface area contributed by atoms with Gasteiger partial charge in [0.1, 0.15) is 11.5 Å². The highest BCUT2D eigenvalue weighted by Crippen LogP contribution is 2.35. The third-order valence-electron chi connectivity index (χ3n) is 4.63. The van der Waals surface area contributed by atoms with Gasteiger partial charge in [-0.1, -0.05) is 29.8 Å². The molecule has 0 fully saturated rings. The first-order chi connectivity index (χ1) is 14.7. The van der Waals surface area contributed by atoms with Gasteiger partial charge in [-0.3, -0.25) is 9.78 Å². The fourth-order valence-corrected chi connectivity index (χ4v) is 3.37. The minimum atomic E-state index is 0.113. The van der Waals surface area contributed by atoms with Crippen molar-refractivity contribution >= 4 is 29.3 Å². The Kier molecular flexibility index (Phi) is 5.95. The predicted molar refractivity (Wildman–Crippen MR) is 118 cm³/mol. The molecule has 2 aromatic heterocycles. The van der Waals surface area contributed by atoms with Crippen LogP contribution in [0.25, 0.3) is 22.8 Å². The van der Waals surface area contributed by atoms with Gasteiger partial charge in [-0.05, 0) is 30.7 Å². The van der Waals surface area contributed by atoms with E-state index in [-0.39, 0.29) is 12.2 Å². The monoisotopic (exact) mass is 418 g/mol. The summed E-state index contributed by atoms with van der Waals surface area (Å²) in [6, 6.07) is 11.1. The average molecular weight is 419 g/mol. The smallest absolute Gasteiger partial charge is 0.227 e. The third-order valence-corrected chi connectivity index (χ3v) is 4.96. The minimum absolute atomic E-state index is 0.113. The molecule has 0 saturated carbocycles. The van der Waals surface area contributed by atoms with Crippen LogP contribution in [0.4, 0.5) is 0 Å². The maximum absolute atomic E-state index is 12.1. The highest BCUT2D eigenvalue weighted by Gasteiger charge is 2.23. The van der Waals surface area contributed by atoms with Crippen LogP contribution in [0.15, 0.2) is 69.9 Å². The molecule has 150 valence electrons. The lowest BCUT2D eigenvalue weighted by Crippen LogP contribution is -2.04. The second-order valence-corrected chi connectivity index (χ2v) is 7.21. The zero-order valence-electron chi connectivity index (χ0n) is 16.2. The van der Waals surface area contributed by atoms with Crippen LogP contribution in [-0.4, -0.2) is 27.7 Å². The number of carbonyl (C=O) groups is 1. The van der Waals surface area contributed by atoms with Gasteiger partial charge in [0.05, 0.1) is 10.7 Å². The molecule has 1 aromatic carbocycles. The summed E-state index contributed by atoms with van der Waals surface area (Å²) < 4.78 is 6.15. The number of Topliss-reactive ketones (excluding diaryl/α,β-unsaturated/α-hetero) is 1. The van der Waals surface area contributed by atoms with Gasteiger partial charge < -0.3 is 4.42 Å². The Hall–Kier alpha value is -3.38. The lowest BCUT2D eigenvalue weighted by Gasteiger charge is -2.03. The summed E-state index contributed by atoms with van der Waals surface area (Å²) in [7, 11) is 0.